The van der Waals surface area contributed by atoms with Crippen molar-refractivity contribution < 1.29 is 23.5 Å². The number of esters is 1. The van der Waals surface area contributed by atoms with Gasteiger partial charge in [0.05, 0.1) is 5.56 Å². The quantitative estimate of drug-likeness (QED) is 0.193. The molecule has 2 aromatic carbocycles. The van der Waals surface area contributed by atoms with E-state index in [-0.39, 0.29) is 23.1 Å². The molecule has 4 aromatic rings. The minimum absolute atomic E-state index is 0.0920. The number of carbonyl (C=O) groups is 2. The SMILES string of the molecule is Cc1ccsc1/C=C1\Oc2cc(OC(=O)c3cc4cc(Br)ccc4o3)ccc2C1=O. The van der Waals surface area contributed by atoms with Crippen LogP contribution in [0.3, 0.4) is 0 Å². The van der Waals surface area contributed by atoms with Crippen molar-refractivity contribution >= 4 is 56.1 Å². The molecule has 1 aliphatic rings. The van der Waals surface area contributed by atoms with E-state index in [4.69, 9.17) is 13.9 Å². The van der Waals surface area contributed by atoms with E-state index in [0.717, 1.165) is 20.3 Å². The molecule has 0 bridgehead atoms. The van der Waals surface area contributed by atoms with Crippen LogP contribution in [0.2, 0.25) is 0 Å². The second kappa shape index (κ2) is 7.27. The lowest BCUT2D eigenvalue weighted by Crippen LogP contribution is -2.07. The van der Waals surface area contributed by atoms with Gasteiger partial charge in [0.2, 0.25) is 11.5 Å². The zero-order valence-electron chi connectivity index (χ0n) is 15.6. The number of ketones is 1. The highest BCUT2D eigenvalue weighted by Gasteiger charge is 2.28. The Morgan fingerprint density at radius 3 is 2.80 bits per heavy atom. The average Bonchev–Trinajstić information content (AvgIpc) is 3.40. The third-order valence-electron chi connectivity index (χ3n) is 4.70. The summed E-state index contributed by atoms with van der Waals surface area (Å²) in [6.07, 6.45) is 1.74. The zero-order chi connectivity index (χ0) is 20.8. The molecule has 0 unspecified atom stereocenters. The Hall–Kier alpha value is -3.16. The van der Waals surface area contributed by atoms with Gasteiger partial charge in [-0.1, -0.05) is 15.9 Å². The van der Waals surface area contributed by atoms with Crippen LogP contribution in [0, 0.1) is 6.92 Å². The molecule has 0 spiro atoms. The number of furan rings is 1. The minimum Gasteiger partial charge on any atom is -0.452 e. The third-order valence-corrected chi connectivity index (χ3v) is 6.15. The summed E-state index contributed by atoms with van der Waals surface area (Å²) < 4.78 is 17.6. The average molecular weight is 481 g/mol. The van der Waals surface area contributed by atoms with Gasteiger partial charge in [-0.15, -0.1) is 11.3 Å². The predicted octanol–water partition coefficient (Wildman–Crippen LogP) is 6.40. The van der Waals surface area contributed by atoms with Crippen LogP contribution in [0.15, 0.2) is 68.6 Å². The summed E-state index contributed by atoms with van der Waals surface area (Å²) in [4.78, 5) is 26.1. The number of thiophene rings is 1. The maximum Gasteiger partial charge on any atom is 0.379 e. The topological polar surface area (TPSA) is 65.7 Å². The number of halogens is 1. The summed E-state index contributed by atoms with van der Waals surface area (Å²) in [5, 5.41) is 2.75. The van der Waals surface area contributed by atoms with E-state index >= 15 is 0 Å². The van der Waals surface area contributed by atoms with Crippen LogP contribution in [-0.2, 0) is 0 Å². The van der Waals surface area contributed by atoms with Crippen LogP contribution >= 0.6 is 27.3 Å². The summed E-state index contributed by atoms with van der Waals surface area (Å²) in [6, 6.07) is 13.8. The molecular weight excluding hydrogens is 468 g/mol. The van der Waals surface area contributed by atoms with Gasteiger partial charge < -0.3 is 13.9 Å². The van der Waals surface area contributed by atoms with Crippen molar-refractivity contribution in [2.75, 3.05) is 0 Å². The van der Waals surface area contributed by atoms with Crippen LogP contribution in [0.25, 0.3) is 17.0 Å². The number of hydrogen-bond acceptors (Lipinski definition) is 6. The Kier molecular flexibility index (Phi) is 4.56. The lowest BCUT2D eigenvalue weighted by Gasteiger charge is -2.04. The maximum absolute atomic E-state index is 12.6. The number of rotatable bonds is 3. The van der Waals surface area contributed by atoms with Crippen molar-refractivity contribution in [1.82, 2.24) is 0 Å². The first-order chi connectivity index (χ1) is 14.5. The van der Waals surface area contributed by atoms with Gasteiger partial charge in [0.15, 0.2) is 5.76 Å². The second-order valence-electron chi connectivity index (χ2n) is 6.75. The van der Waals surface area contributed by atoms with Crippen LogP contribution in [0.1, 0.15) is 31.4 Å². The number of benzene rings is 2. The van der Waals surface area contributed by atoms with Crippen LogP contribution in [0.5, 0.6) is 11.5 Å². The van der Waals surface area contributed by atoms with E-state index in [1.165, 1.54) is 17.4 Å². The number of fused-ring (bicyclic) bond motifs is 2. The minimum atomic E-state index is -0.628. The highest BCUT2D eigenvalue weighted by Crippen LogP contribution is 2.36. The van der Waals surface area contributed by atoms with Crippen molar-refractivity contribution in [3.63, 3.8) is 0 Å². The van der Waals surface area contributed by atoms with Gasteiger partial charge >= 0.3 is 5.97 Å². The van der Waals surface area contributed by atoms with Crippen molar-refractivity contribution in [1.29, 1.82) is 0 Å². The Balaban J connectivity index is 1.38. The third kappa shape index (κ3) is 3.36. The molecule has 0 fully saturated rings. The van der Waals surface area contributed by atoms with Crippen LogP contribution < -0.4 is 9.47 Å². The summed E-state index contributed by atoms with van der Waals surface area (Å²) in [5.74, 6) is 0.146. The molecule has 0 saturated heterocycles. The molecule has 0 saturated carbocycles. The molecular formula is C23H13BrO5S. The Morgan fingerprint density at radius 1 is 1.13 bits per heavy atom. The van der Waals surface area contributed by atoms with Crippen molar-refractivity contribution in [3.8, 4) is 11.5 Å². The summed E-state index contributed by atoms with van der Waals surface area (Å²) in [5.41, 5.74) is 2.10. The highest BCUT2D eigenvalue weighted by molar-refractivity contribution is 9.10. The van der Waals surface area contributed by atoms with Crippen molar-refractivity contribution in [2.24, 2.45) is 0 Å². The highest BCUT2D eigenvalue weighted by atomic mass is 79.9. The first kappa shape index (κ1) is 18.8. The Labute approximate surface area is 183 Å². The van der Waals surface area contributed by atoms with Crippen LogP contribution in [-0.4, -0.2) is 11.8 Å². The number of carbonyl (C=O) groups excluding carboxylic acids is 2. The molecule has 7 heteroatoms. The molecule has 0 N–H and O–H groups in total. The van der Waals surface area contributed by atoms with Crippen LogP contribution in [0.4, 0.5) is 0 Å². The molecule has 30 heavy (non-hydrogen) atoms. The van der Waals surface area contributed by atoms with Gasteiger partial charge in [-0.25, -0.2) is 4.79 Å². The molecule has 0 atom stereocenters. The molecule has 148 valence electrons. The molecule has 0 amide bonds. The monoisotopic (exact) mass is 480 g/mol. The fourth-order valence-electron chi connectivity index (χ4n) is 3.15. The van der Waals surface area contributed by atoms with Crippen molar-refractivity contribution in [2.45, 2.75) is 6.92 Å². The Morgan fingerprint density at radius 2 is 2.00 bits per heavy atom. The van der Waals surface area contributed by atoms with Gasteiger partial charge in [-0.3, -0.25) is 4.79 Å². The van der Waals surface area contributed by atoms with Gasteiger partial charge in [-0.2, -0.15) is 0 Å². The largest absolute Gasteiger partial charge is 0.452 e. The molecule has 1 aliphatic heterocycles. The summed E-state index contributed by atoms with van der Waals surface area (Å²) in [6.45, 7) is 1.98. The normalized spacial score (nSPS) is 14.2. The van der Waals surface area contributed by atoms with E-state index in [9.17, 15) is 9.59 Å². The number of aryl methyl sites for hydroxylation is 1. The Bertz CT molecular complexity index is 1360. The summed E-state index contributed by atoms with van der Waals surface area (Å²) in [7, 11) is 0. The first-order valence-electron chi connectivity index (χ1n) is 9.01. The van der Waals surface area contributed by atoms with E-state index in [0.29, 0.717) is 16.9 Å². The van der Waals surface area contributed by atoms with Gasteiger partial charge in [0, 0.05) is 26.9 Å². The summed E-state index contributed by atoms with van der Waals surface area (Å²) >= 11 is 4.93. The van der Waals surface area contributed by atoms with E-state index in [1.54, 1.807) is 30.3 Å². The fraction of sp³-hybridized carbons (Fsp3) is 0.0435. The van der Waals surface area contributed by atoms with Gasteiger partial charge in [0.1, 0.15) is 17.1 Å². The van der Waals surface area contributed by atoms with Crippen molar-refractivity contribution in [3.05, 3.63) is 85.9 Å². The number of Topliss-reactive ketones (excluding diaryl/α,β-unsaturated/α-hetero) is 1. The van der Waals surface area contributed by atoms with E-state index in [1.807, 2.05) is 30.5 Å². The molecule has 0 radical (unpaired) electrons. The smallest absolute Gasteiger partial charge is 0.379 e. The number of hydrogen-bond donors (Lipinski definition) is 0. The van der Waals surface area contributed by atoms with E-state index < -0.39 is 5.97 Å². The molecule has 5 nitrogen and oxygen atoms in total. The standard InChI is InChI=1S/C23H13BrO5S/c1-12-6-7-30-21(12)11-19-22(25)16-4-3-15(10-18(16)29-19)27-23(26)20-9-13-8-14(24)2-5-17(13)28-20/h2-11H,1H3/b19-11-. The molecule has 3 heterocycles. The lowest BCUT2D eigenvalue weighted by atomic mass is 10.1. The second-order valence-corrected chi connectivity index (χ2v) is 8.61. The predicted molar refractivity (Wildman–Crippen MR) is 117 cm³/mol. The lowest BCUT2D eigenvalue weighted by molar-refractivity contribution is 0.0703. The maximum atomic E-state index is 12.6. The molecule has 0 aliphatic carbocycles. The fourth-order valence-corrected chi connectivity index (χ4v) is 4.38. The molecule has 2 aromatic heterocycles. The zero-order valence-corrected chi connectivity index (χ0v) is 18.0. The first-order valence-corrected chi connectivity index (χ1v) is 10.7. The van der Waals surface area contributed by atoms with Gasteiger partial charge in [-0.05, 0) is 60.3 Å². The number of ether oxygens (including phenoxy) is 2. The van der Waals surface area contributed by atoms with E-state index in [2.05, 4.69) is 15.9 Å². The van der Waals surface area contributed by atoms with Gasteiger partial charge in [0.25, 0.3) is 0 Å². The molecule has 5 rings (SSSR count). The number of allylic oxidation sites excluding steroid dienone is 1.